The van der Waals surface area contributed by atoms with Crippen LogP contribution in [-0.2, 0) is 6.42 Å². The second-order valence-electron chi connectivity index (χ2n) is 4.81. The number of carbonyl (C=O) groups excluding carboxylic acids is 1. The van der Waals surface area contributed by atoms with E-state index in [-0.39, 0.29) is 18.7 Å². The van der Waals surface area contributed by atoms with E-state index in [1.54, 1.807) is 0 Å². The first-order chi connectivity index (χ1) is 8.78. The highest BCUT2D eigenvalue weighted by Gasteiger charge is 2.20. The summed E-state index contributed by atoms with van der Waals surface area (Å²) in [6.07, 6.45) is 3.97. The second kappa shape index (κ2) is 6.40. The van der Waals surface area contributed by atoms with Crippen LogP contribution in [0.4, 0.5) is 4.79 Å². The number of aliphatic hydroxyl groups excluding tert-OH is 1. The van der Waals surface area contributed by atoms with E-state index in [0.717, 1.165) is 18.4 Å². The molecule has 1 aromatic rings. The third-order valence-electron chi connectivity index (χ3n) is 3.32. The third-order valence-corrected chi connectivity index (χ3v) is 3.32. The molecular weight excluding hydrogens is 228 g/mol. The highest BCUT2D eigenvalue weighted by molar-refractivity contribution is 5.74. The molecule has 2 amide bonds. The van der Waals surface area contributed by atoms with Gasteiger partial charge in [0.05, 0.1) is 12.6 Å². The lowest BCUT2D eigenvalue weighted by molar-refractivity contribution is 0.207. The average Bonchev–Trinajstić information content (AvgIpc) is 2.34. The minimum Gasteiger partial charge on any atom is -0.394 e. The van der Waals surface area contributed by atoms with Crippen molar-refractivity contribution in [3.63, 3.8) is 0 Å². The number of carbonyl (C=O) groups is 1. The molecule has 0 bridgehead atoms. The Morgan fingerprint density at radius 3 is 2.61 bits per heavy atom. The molecule has 0 aliphatic heterocycles. The van der Waals surface area contributed by atoms with Gasteiger partial charge in [-0.25, -0.2) is 4.79 Å². The molecule has 4 nitrogen and oxygen atoms in total. The summed E-state index contributed by atoms with van der Waals surface area (Å²) in [7, 11) is 0. The van der Waals surface area contributed by atoms with Gasteiger partial charge in [0, 0.05) is 6.04 Å². The fourth-order valence-electron chi connectivity index (χ4n) is 2.02. The molecular formula is C14H20N2O2. The number of rotatable bonds is 5. The summed E-state index contributed by atoms with van der Waals surface area (Å²) in [5.74, 6) is 0. The topological polar surface area (TPSA) is 61.4 Å². The molecule has 1 atom stereocenters. The van der Waals surface area contributed by atoms with Gasteiger partial charge in [-0.2, -0.15) is 0 Å². The number of aliphatic hydroxyl groups is 1. The van der Waals surface area contributed by atoms with Crippen molar-refractivity contribution in [2.75, 3.05) is 6.61 Å². The van der Waals surface area contributed by atoms with E-state index in [2.05, 4.69) is 10.6 Å². The number of nitrogens with one attached hydrogen (secondary N) is 2. The molecule has 1 saturated carbocycles. The molecule has 98 valence electrons. The first-order valence-corrected chi connectivity index (χ1v) is 6.49. The lowest BCUT2D eigenvalue weighted by Gasteiger charge is -2.27. The van der Waals surface area contributed by atoms with Crippen LogP contribution in [0.25, 0.3) is 0 Å². The predicted molar refractivity (Wildman–Crippen MR) is 70.3 cm³/mol. The van der Waals surface area contributed by atoms with Crippen molar-refractivity contribution in [3.8, 4) is 0 Å². The zero-order valence-electron chi connectivity index (χ0n) is 10.4. The summed E-state index contributed by atoms with van der Waals surface area (Å²) in [6.45, 7) is -0.0486. The van der Waals surface area contributed by atoms with Crippen molar-refractivity contribution in [2.24, 2.45) is 0 Å². The number of urea groups is 1. The predicted octanol–water partition coefficient (Wildman–Crippen LogP) is 1.44. The molecule has 3 N–H and O–H groups in total. The lowest BCUT2D eigenvalue weighted by Crippen LogP contribution is -2.49. The quantitative estimate of drug-likeness (QED) is 0.738. The SMILES string of the molecule is O=C(NC1CCC1)N[C@H](CO)Cc1ccccc1. The van der Waals surface area contributed by atoms with E-state index in [0.29, 0.717) is 12.5 Å². The molecule has 1 aromatic carbocycles. The summed E-state index contributed by atoms with van der Waals surface area (Å²) in [5.41, 5.74) is 1.11. The van der Waals surface area contributed by atoms with E-state index in [1.165, 1.54) is 6.42 Å². The van der Waals surface area contributed by atoms with Crippen molar-refractivity contribution >= 4 is 6.03 Å². The third kappa shape index (κ3) is 3.74. The minimum atomic E-state index is -0.229. The van der Waals surface area contributed by atoms with Crippen molar-refractivity contribution < 1.29 is 9.90 Å². The van der Waals surface area contributed by atoms with Crippen LogP contribution in [-0.4, -0.2) is 29.8 Å². The maximum atomic E-state index is 11.7. The van der Waals surface area contributed by atoms with Crippen molar-refractivity contribution in [1.82, 2.24) is 10.6 Å². The smallest absolute Gasteiger partial charge is 0.315 e. The van der Waals surface area contributed by atoms with Crippen LogP contribution in [0.15, 0.2) is 30.3 Å². The Hall–Kier alpha value is -1.55. The summed E-state index contributed by atoms with van der Waals surface area (Å²) >= 11 is 0. The van der Waals surface area contributed by atoms with Crippen molar-refractivity contribution in [1.29, 1.82) is 0 Å². The van der Waals surface area contributed by atoms with Crippen LogP contribution < -0.4 is 10.6 Å². The standard InChI is InChI=1S/C14H20N2O2/c17-10-13(9-11-5-2-1-3-6-11)16-14(18)15-12-7-4-8-12/h1-3,5-6,12-13,17H,4,7-10H2,(H2,15,16,18)/t13-/m0/s1. The Kier molecular flexibility index (Phi) is 4.59. The maximum absolute atomic E-state index is 11.7. The van der Waals surface area contributed by atoms with E-state index in [4.69, 9.17) is 0 Å². The number of amides is 2. The Morgan fingerprint density at radius 2 is 2.06 bits per heavy atom. The molecule has 2 rings (SSSR count). The molecule has 18 heavy (non-hydrogen) atoms. The van der Waals surface area contributed by atoms with Crippen LogP contribution in [0.3, 0.4) is 0 Å². The molecule has 0 saturated heterocycles. The maximum Gasteiger partial charge on any atom is 0.315 e. The first-order valence-electron chi connectivity index (χ1n) is 6.49. The van der Waals surface area contributed by atoms with E-state index in [9.17, 15) is 9.90 Å². The molecule has 0 spiro atoms. The number of benzene rings is 1. The zero-order chi connectivity index (χ0) is 12.8. The van der Waals surface area contributed by atoms with Crippen LogP contribution in [0.2, 0.25) is 0 Å². The van der Waals surface area contributed by atoms with Gasteiger partial charge in [0.25, 0.3) is 0 Å². The zero-order valence-corrected chi connectivity index (χ0v) is 10.4. The Morgan fingerprint density at radius 1 is 1.33 bits per heavy atom. The molecule has 1 aliphatic carbocycles. The number of hydrogen-bond donors (Lipinski definition) is 3. The largest absolute Gasteiger partial charge is 0.394 e. The van der Waals surface area contributed by atoms with Crippen LogP contribution in [0, 0.1) is 0 Å². The Bertz CT molecular complexity index is 377. The van der Waals surface area contributed by atoms with E-state index in [1.807, 2.05) is 30.3 Å². The molecule has 1 fully saturated rings. The molecule has 0 unspecified atom stereocenters. The van der Waals surface area contributed by atoms with Crippen LogP contribution in [0.1, 0.15) is 24.8 Å². The average molecular weight is 248 g/mol. The summed E-state index contributed by atoms with van der Waals surface area (Å²) < 4.78 is 0. The van der Waals surface area contributed by atoms with Gasteiger partial charge in [-0.05, 0) is 31.2 Å². The van der Waals surface area contributed by atoms with Gasteiger partial charge < -0.3 is 15.7 Å². The van der Waals surface area contributed by atoms with Gasteiger partial charge in [0.1, 0.15) is 0 Å². The highest BCUT2D eigenvalue weighted by atomic mass is 16.3. The Balaban J connectivity index is 1.79. The van der Waals surface area contributed by atoms with Gasteiger partial charge in [0.2, 0.25) is 0 Å². The summed E-state index contributed by atoms with van der Waals surface area (Å²) in [6, 6.07) is 9.77. The Labute approximate surface area is 107 Å². The van der Waals surface area contributed by atoms with Gasteiger partial charge in [0.15, 0.2) is 0 Å². The minimum absolute atomic E-state index is 0.0486. The van der Waals surface area contributed by atoms with E-state index >= 15 is 0 Å². The van der Waals surface area contributed by atoms with Crippen molar-refractivity contribution in [2.45, 2.75) is 37.8 Å². The monoisotopic (exact) mass is 248 g/mol. The molecule has 0 radical (unpaired) electrons. The van der Waals surface area contributed by atoms with Gasteiger partial charge in [-0.15, -0.1) is 0 Å². The van der Waals surface area contributed by atoms with Gasteiger partial charge in [-0.1, -0.05) is 30.3 Å². The van der Waals surface area contributed by atoms with E-state index < -0.39 is 0 Å². The fraction of sp³-hybridized carbons (Fsp3) is 0.500. The van der Waals surface area contributed by atoms with Crippen molar-refractivity contribution in [3.05, 3.63) is 35.9 Å². The first kappa shape index (κ1) is 12.9. The highest BCUT2D eigenvalue weighted by Crippen LogP contribution is 2.17. The lowest BCUT2D eigenvalue weighted by atomic mass is 9.93. The van der Waals surface area contributed by atoms with Gasteiger partial charge >= 0.3 is 6.03 Å². The molecule has 0 heterocycles. The molecule has 1 aliphatic rings. The normalized spacial score (nSPS) is 16.7. The molecule has 0 aromatic heterocycles. The van der Waals surface area contributed by atoms with Crippen LogP contribution in [0.5, 0.6) is 0 Å². The molecule has 4 heteroatoms. The van der Waals surface area contributed by atoms with Crippen LogP contribution >= 0.6 is 0 Å². The summed E-state index contributed by atoms with van der Waals surface area (Å²) in [4.78, 5) is 11.7. The number of hydrogen-bond acceptors (Lipinski definition) is 2. The van der Waals surface area contributed by atoms with Gasteiger partial charge in [-0.3, -0.25) is 0 Å². The summed E-state index contributed by atoms with van der Waals surface area (Å²) in [5, 5.41) is 15.0. The second-order valence-corrected chi connectivity index (χ2v) is 4.81. The fourth-order valence-corrected chi connectivity index (χ4v) is 2.02.